The minimum Gasteiger partial charge on any atom is -0.480 e. The number of primary amides is 1. The van der Waals surface area contributed by atoms with E-state index in [9.17, 15) is 34.2 Å². The zero-order valence-corrected chi connectivity index (χ0v) is 20.9. The number of carbonyl (C=O) groups is 5. The molecule has 0 radical (unpaired) electrons. The van der Waals surface area contributed by atoms with Gasteiger partial charge in [0, 0.05) is 13.0 Å². The zero-order chi connectivity index (χ0) is 28.0. The molecular formula is C21H40N8O7. The number of aliphatic carboxylic acids is 1. The van der Waals surface area contributed by atoms with Gasteiger partial charge in [-0.15, -0.1) is 0 Å². The summed E-state index contributed by atoms with van der Waals surface area (Å²) in [5.74, 6) is -4.92. The zero-order valence-electron chi connectivity index (χ0n) is 20.9. The highest BCUT2D eigenvalue weighted by molar-refractivity contribution is 5.94. The van der Waals surface area contributed by atoms with Crippen LogP contribution < -0.4 is 38.9 Å². The van der Waals surface area contributed by atoms with E-state index in [2.05, 4.69) is 20.9 Å². The first kappa shape index (κ1) is 32.5. The van der Waals surface area contributed by atoms with E-state index >= 15 is 0 Å². The first-order valence-corrected chi connectivity index (χ1v) is 11.6. The molecule has 0 aromatic carbocycles. The first-order chi connectivity index (χ1) is 16.7. The molecule has 0 rings (SSSR count). The maximum atomic E-state index is 12.9. The van der Waals surface area contributed by atoms with Gasteiger partial charge in [0.1, 0.15) is 18.1 Å². The molecular weight excluding hydrogens is 476 g/mol. The van der Waals surface area contributed by atoms with Crippen LogP contribution in [0.2, 0.25) is 0 Å². The molecule has 6 atom stereocenters. The van der Waals surface area contributed by atoms with Gasteiger partial charge in [0.25, 0.3) is 0 Å². The molecule has 0 aliphatic rings. The van der Waals surface area contributed by atoms with Crippen molar-refractivity contribution in [1.82, 2.24) is 16.0 Å². The molecule has 0 aromatic heterocycles. The van der Waals surface area contributed by atoms with Gasteiger partial charge < -0.3 is 49.1 Å². The number of carbonyl (C=O) groups excluding carboxylic acids is 4. The van der Waals surface area contributed by atoms with Crippen LogP contribution in [0.5, 0.6) is 0 Å². The number of carboxylic acid groups (broad SMARTS) is 1. The average molecular weight is 517 g/mol. The number of aliphatic imine (C=N–C) groups is 1. The van der Waals surface area contributed by atoms with E-state index in [0.29, 0.717) is 6.42 Å². The average Bonchev–Trinajstić information content (AvgIpc) is 2.79. The first-order valence-electron chi connectivity index (χ1n) is 11.6. The molecule has 0 aliphatic heterocycles. The van der Waals surface area contributed by atoms with Gasteiger partial charge in [0.2, 0.25) is 23.6 Å². The van der Waals surface area contributed by atoms with Crippen molar-refractivity contribution in [2.75, 3.05) is 6.54 Å². The van der Waals surface area contributed by atoms with E-state index in [1.165, 1.54) is 6.92 Å². The predicted octanol–water partition coefficient (Wildman–Crippen LogP) is -3.40. The van der Waals surface area contributed by atoms with Crippen LogP contribution in [0.1, 0.15) is 52.9 Å². The minimum atomic E-state index is -1.44. The molecule has 4 amide bonds. The van der Waals surface area contributed by atoms with E-state index in [0.717, 1.165) is 0 Å². The summed E-state index contributed by atoms with van der Waals surface area (Å²) in [6.07, 6.45) is -1.07. The highest BCUT2D eigenvalue weighted by atomic mass is 16.4. The number of nitrogens with one attached hydrogen (secondary N) is 3. The second kappa shape index (κ2) is 16.3. The quantitative estimate of drug-likeness (QED) is 0.0524. The van der Waals surface area contributed by atoms with Crippen LogP contribution in [0.15, 0.2) is 4.99 Å². The number of aliphatic hydroxyl groups is 1. The monoisotopic (exact) mass is 516 g/mol. The summed E-state index contributed by atoms with van der Waals surface area (Å²) in [6.45, 7) is 5.00. The summed E-state index contributed by atoms with van der Waals surface area (Å²) in [7, 11) is 0. The molecule has 0 fully saturated rings. The molecule has 0 aromatic rings. The number of rotatable bonds is 17. The summed E-state index contributed by atoms with van der Waals surface area (Å²) in [6, 6.07) is -5.08. The van der Waals surface area contributed by atoms with Crippen LogP contribution in [-0.2, 0) is 24.0 Å². The molecule has 15 nitrogen and oxygen atoms in total. The van der Waals surface area contributed by atoms with Gasteiger partial charge in [-0.2, -0.15) is 0 Å². The standard InChI is InChI=1S/C21H40N8O7/c1-4-10(2)15(23)18(33)29-16(11(3)30)19(34)27-12(6-5-9-26-21(24)25)17(32)28-13(20(35)36)7-8-14(22)31/h10-13,15-16,30H,4-9,23H2,1-3H3,(H2,22,31)(H,27,34)(H,28,32)(H,29,33)(H,35,36)(H4,24,25,26). The molecule has 15 heteroatoms. The van der Waals surface area contributed by atoms with Gasteiger partial charge in [0.15, 0.2) is 5.96 Å². The number of hydrogen-bond donors (Lipinski definition) is 9. The van der Waals surface area contributed by atoms with E-state index in [4.69, 9.17) is 22.9 Å². The highest BCUT2D eigenvalue weighted by Gasteiger charge is 2.33. The van der Waals surface area contributed by atoms with Gasteiger partial charge in [-0.1, -0.05) is 20.3 Å². The molecule has 36 heavy (non-hydrogen) atoms. The molecule has 0 heterocycles. The van der Waals surface area contributed by atoms with Gasteiger partial charge in [0.05, 0.1) is 12.1 Å². The number of nitrogens with zero attached hydrogens (tertiary/aromatic N) is 1. The van der Waals surface area contributed by atoms with Crippen LogP contribution in [0, 0.1) is 5.92 Å². The lowest BCUT2D eigenvalue weighted by molar-refractivity contribution is -0.142. The topological polar surface area (TPSA) is 278 Å². The van der Waals surface area contributed by atoms with Crippen molar-refractivity contribution in [2.24, 2.45) is 33.8 Å². The highest BCUT2D eigenvalue weighted by Crippen LogP contribution is 2.08. The third-order valence-corrected chi connectivity index (χ3v) is 5.49. The summed E-state index contributed by atoms with van der Waals surface area (Å²) in [4.78, 5) is 64.5. The van der Waals surface area contributed by atoms with Gasteiger partial charge >= 0.3 is 5.97 Å². The van der Waals surface area contributed by atoms with Crippen molar-refractivity contribution in [2.45, 2.75) is 83.1 Å². The minimum absolute atomic E-state index is 0.0105. The smallest absolute Gasteiger partial charge is 0.326 e. The predicted molar refractivity (Wildman–Crippen MR) is 131 cm³/mol. The molecule has 206 valence electrons. The number of amides is 4. The number of hydrogen-bond acceptors (Lipinski definition) is 8. The summed E-state index contributed by atoms with van der Waals surface area (Å²) in [5, 5.41) is 26.5. The molecule has 0 bridgehead atoms. The number of guanidine groups is 1. The van der Waals surface area contributed by atoms with Gasteiger partial charge in [-0.25, -0.2) is 4.79 Å². The van der Waals surface area contributed by atoms with Crippen LogP contribution in [-0.4, -0.2) is 82.6 Å². The molecule has 6 unspecified atom stereocenters. The largest absolute Gasteiger partial charge is 0.480 e. The van der Waals surface area contributed by atoms with Gasteiger partial charge in [-0.3, -0.25) is 24.2 Å². The lowest BCUT2D eigenvalue weighted by atomic mass is 9.98. The van der Waals surface area contributed by atoms with Crippen molar-refractivity contribution < 1.29 is 34.2 Å². The summed E-state index contributed by atoms with van der Waals surface area (Å²) < 4.78 is 0. The van der Waals surface area contributed by atoms with Crippen molar-refractivity contribution in [1.29, 1.82) is 0 Å². The maximum Gasteiger partial charge on any atom is 0.326 e. The number of nitrogens with two attached hydrogens (primary N) is 4. The summed E-state index contributed by atoms with van der Waals surface area (Å²) >= 11 is 0. The SMILES string of the molecule is CCC(C)C(N)C(=O)NC(C(=O)NC(CCCN=C(N)N)C(=O)NC(CCC(N)=O)C(=O)O)C(C)O. The Morgan fingerprint density at radius 1 is 0.889 bits per heavy atom. The van der Waals surface area contributed by atoms with Gasteiger partial charge in [-0.05, 0) is 32.1 Å². The van der Waals surface area contributed by atoms with E-state index in [-0.39, 0.29) is 44.1 Å². The Morgan fingerprint density at radius 3 is 1.94 bits per heavy atom. The molecule has 0 spiro atoms. The fraction of sp³-hybridized carbons (Fsp3) is 0.714. The Labute approximate surface area is 209 Å². The van der Waals surface area contributed by atoms with Crippen LogP contribution in [0.4, 0.5) is 0 Å². The second-order valence-corrected chi connectivity index (χ2v) is 8.55. The lowest BCUT2D eigenvalue weighted by Crippen LogP contribution is -2.60. The Morgan fingerprint density at radius 2 is 1.47 bits per heavy atom. The van der Waals surface area contributed by atoms with Crippen molar-refractivity contribution >= 4 is 35.6 Å². The van der Waals surface area contributed by atoms with Crippen LogP contribution in [0.25, 0.3) is 0 Å². The third-order valence-electron chi connectivity index (χ3n) is 5.49. The molecule has 0 aliphatic carbocycles. The third kappa shape index (κ3) is 12.3. The Hall–Kier alpha value is -3.46. The maximum absolute atomic E-state index is 12.9. The Bertz CT molecular complexity index is 801. The number of carboxylic acids is 1. The van der Waals surface area contributed by atoms with Crippen molar-refractivity contribution in [3.63, 3.8) is 0 Å². The lowest BCUT2D eigenvalue weighted by Gasteiger charge is -2.27. The van der Waals surface area contributed by atoms with Crippen molar-refractivity contribution in [3.05, 3.63) is 0 Å². The molecule has 0 saturated heterocycles. The fourth-order valence-corrected chi connectivity index (χ4v) is 3.02. The van der Waals surface area contributed by atoms with Crippen molar-refractivity contribution in [3.8, 4) is 0 Å². The molecule has 13 N–H and O–H groups in total. The van der Waals surface area contributed by atoms with Crippen LogP contribution >= 0.6 is 0 Å². The Balaban J connectivity index is 5.62. The van der Waals surface area contributed by atoms with E-state index in [1.54, 1.807) is 6.92 Å². The molecule has 0 saturated carbocycles. The normalized spacial score (nSPS) is 15.8. The number of aliphatic hydroxyl groups excluding tert-OH is 1. The fourth-order valence-electron chi connectivity index (χ4n) is 3.02. The van der Waals surface area contributed by atoms with E-state index < -0.39 is 59.9 Å². The van der Waals surface area contributed by atoms with E-state index in [1.807, 2.05) is 6.92 Å². The summed E-state index contributed by atoms with van der Waals surface area (Å²) in [5.41, 5.74) is 21.5. The van der Waals surface area contributed by atoms with Crippen LogP contribution in [0.3, 0.4) is 0 Å². The Kier molecular flexibility index (Phi) is 14.7. The second-order valence-electron chi connectivity index (χ2n) is 8.55.